The summed E-state index contributed by atoms with van der Waals surface area (Å²) in [5.41, 5.74) is 2.75. The van der Waals surface area contributed by atoms with Gasteiger partial charge in [0.1, 0.15) is 23.9 Å². The summed E-state index contributed by atoms with van der Waals surface area (Å²) in [6, 6.07) is 15.1. The topological polar surface area (TPSA) is 71.8 Å². The molecule has 0 saturated heterocycles. The van der Waals surface area contributed by atoms with Gasteiger partial charge in [-0.3, -0.25) is 9.59 Å². The van der Waals surface area contributed by atoms with Gasteiger partial charge in [0, 0.05) is 19.0 Å². The number of ether oxygens (including phenoxy) is 1. The second-order valence-corrected chi connectivity index (χ2v) is 8.67. The van der Waals surface area contributed by atoms with Crippen LogP contribution in [-0.2, 0) is 17.8 Å². The molecule has 1 unspecified atom stereocenters. The van der Waals surface area contributed by atoms with Gasteiger partial charge in [-0.15, -0.1) is 0 Å². The van der Waals surface area contributed by atoms with Crippen molar-refractivity contribution < 1.29 is 23.1 Å². The Morgan fingerprint density at radius 2 is 2.00 bits per heavy atom. The molecule has 0 bridgehead atoms. The summed E-state index contributed by atoms with van der Waals surface area (Å²) in [6.45, 7) is 6.83. The molecular weight excluding hydrogens is 435 g/mol. The third-order valence-corrected chi connectivity index (χ3v) is 5.89. The van der Waals surface area contributed by atoms with Crippen molar-refractivity contribution in [2.45, 2.75) is 39.8 Å². The number of furan rings is 1. The van der Waals surface area contributed by atoms with E-state index in [9.17, 15) is 14.0 Å². The van der Waals surface area contributed by atoms with E-state index in [1.807, 2.05) is 49.9 Å². The molecule has 1 aromatic heterocycles. The third kappa shape index (κ3) is 4.98. The molecule has 0 spiro atoms. The minimum Gasteiger partial charge on any atom is -0.486 e. The number of rotatable bonds is 7. The second kappa shape index (κ2) is 10.1. The number of carbonyl (C=O) groups excluding carboxylic acids is 2. The maximum atomic E-state index is 14.1. The van der Waals surface area contributed by atoms with E-state index >= 15 is 0 Å². The lowest BCUT2D eigenvalue weighted by Gasteiger charge is -2.39. The van der Waals surface area contributed by atoms with Gasteiger partial charge in [0.05, 0.1) is 6.04 Å². The Kier molecular flexibility index (Phi) is 7.01. The average Bonchev–Trinajstić information content (AvgIpc) is 3.31. The van der Waals surface area contributed by atoms with Gasteiger partial charge in [-0.25, -0.2) is 4.39 Å². The molecule has 2 amide bonds. The van der Waals surface area contributed by atoms with Crippen LogP contribution in [-0.4, -0.2) is 29.8 Å². The fraction of sp³-hybridized carbons (Fsp3) is 0.333. The summed E-state index contributed by atoms with van der Waals surface area (Å²) in [4.78, 5) is 26.8. The molecule has 34 heavy (non-hydrogen) atoms. The molecule has 1 atom stereocenters. The van der Waals surface area contributed by atoms with Crippen LogP contribution in [0, 0.1) is 11.7 Å². The van der Waals surface area contributed by atoms with E-state index in [1.165, 1.54) is 12.1 Å². The quantitative estimate of drug-likeness (QED) is 0.541. The van der Waals surface area contributed by atoms with Gasteiger partial charge in [-0.05, 0) is 66.4 Å². The molecule has 7 heteroatoms. The van der Waals surface area contributed by atoms with Crippen LogP contribution in [0.15, 0.2) is 59.0 Å². The fourth-order valence-electron chi connectivity index (χ4n) is 4.27. The zero-order valence-electron chi connectivity index (χ0n) is 19.6. The van der Waals surface area contributed by atoms with Crippen LogP contribution in [0.2, 0.25) is 0 Å². The molecule has 1 aliphatic rings. The van der Waals surface area contributed by atoms with Crippen molar-refractivity contribution >= 4 is 11.8 Å². The van der Waals surface area contributed by atoms with E-state index in [2.05, 4.69) is 5.32 Å². The van der Waals surface area contributed by atoms with Crippen LogP contribution >= 0.6 is 0 Å². The molecule has 3 aromatic rings. The van der Waals surface area contributed by atoms with Gasteiger partial charge in [0.25, 0.3) is 5.91 Å². The zero-order chi connectivity index (χ0) is 24.2. The molecule has 6 nitrogen and oxygen atoms in total. The lowest BCUT2D eigenvalue weighted by atomic mass is 9.87. The first-order valence-electron chi connectivity index (χ1n) is 11.6. The lowest BCUT2D eigenvalue weighted by molar-refractivity contribution is -0.136. The van der Waals surface area contributed by atoms with Gasteiger partial charge in [0.15, 0.2) is 5.76 Å². The van der Waals surface area contributed by atoms with Crippen LogP contribution < -0.4 is 10.1 Å². The molecule has 0 saturated carbocycles. The Morgan fingerprint density at radius 3 is 2.74 bits per heavy atom. The number of hydrogen-bond donors (Lipinski definition) is 1. The first kappa shape index (κ1) is 23.5. The highest BCUT2D eigenvalue weighted by molar-refractivity contribution is 5.91. The van der Waals surface area contributed by atoms with Crippen molar-refractivity contribution in [2.75, 3.05) is 13.1 Å². The van der Waals surface area contributed by atoms with Crippen LogP contribution in [0.5, 0.6) is 5.75 Å². The second-order valence-electron chi connectivity index (χ2n) is 8.67. The van der Waals surface area contributed by atoms with Crippen molar-refractivity contribution in [3.8, 4) is 5.75 Å². The normalized spacial score (nSPS) is 15.2. The summed E-state index contributed by atoms with van der Waals surface area (Å²) < 4.78 is 25.7. The summed E-state index contributed by atoms with van der Waals surface area (Å²) >= 11 is 0. The van der Waals surface area contributed by atoms with E-state index < -0.39 is 6.04 Å². The maximum absolute atomic E-state index is 14.1. The van der Waals surface area contributed by atoms with E-state index in [0.29, 0.717) is 31.0 Å². The molecule has 178 valence electrons. The lowest BCUT2D eigenvalue weighted by Crippen LogP contribution is -2.42. The zero-order valence-corrected chi connectivity index (χ0v) is 19.6. The minimum atomic E-state index is -0.397. The Labute approximate surface area is 198 Å². The summed E-state index contributed by atoms with van der Waals surface area (Å²) in [7, 11) is 0. The van der Waals surface area contributed by atoms with E-state index in [4.69, 9.17) is 9.15 Å². The van der Waals surface area contributed by atoms with Gasteiger partial charge >= 0.3 is 0 Å². The van der Waals surface area contributed by atoms with Crippen LogP contribution in [0.4, 0.5) is 4.39 Å². The molecule has 4 rings (SSSR count). The Hall–Kier alpha value is -3.61. The monoisotopic (exact) mass is 464 g/mol. The maximum Gasteiger partial charge on any atom is 0.286 e. The average molecular weight is 465 g/mol. The number of nitrogens with zero attached hydrogens (tertiary/aromatic N) is 1. The third-order valence-electron chi connectivity index (χ3n) is 5.89. The smallest absolute Gasteiger partial charge is 0.286 e. The van der Waals surface area contributed by atoms with Crippen molar-refractivity contribution in [2.24, 2.45) is 5.92 Å². The highest BCUT2D eigenvalue weighted by Gasteiger charge is 2.33. The number of carbonyl (C=O) groups is 2. The minimum absolute atomic E-state index is 0.0275. The standard InChI is InChI=1S/C27H29FN2O4/c1-4-29-26(31)24-11-10-22(34-24)16-33-21-9-8-18-12-13-30(27(32)17(2)3)25(23(18)15-21)19-6-5-7-20(28)14-19/h5-11,14-15,17,25H,4,12-13,16H2,1-3H3,(H,29,31). The first-order chi connectivity index (χ1) is 16.4. The van der Waals surface area contributed by atoms with Gasteiger partial charge in [-0.1, -0.05) is 32.0 Å². The molecule has 2 heterocycles. The van der Waals surface area contributed by atoms with Crippen molar-refractivity contribution in [1.82, 2.24) is 10.2 Å². The van der Waals surface area contributed by atoms with Gasteiger partial charge < -0.3 is 19.4 Å². The van der Waals surface area contributed by atoms with E-state index in [1.54, 1.807) is 18.2 Å². The van der Waals surface area contributed by atoms with Crippen molar-refractivity contribution in [3.05, 3.63) is 88.6 Å². The summed E-state index contributed by atoms with van der Waals surface area (Å²) in [6.07, 6.45) is 0.716. The van der Waals surface area contributed by atoms with Crippen molar-refractivity contribution in [1.29, 1.82) is 0 Å². The Morgan fingerprint density at radius 1 is 1.18 bits per heavy atom. The Bertz CT molecular complexity index is 1190. The summed E-state index contributed by atoms with van der Waals surface area (Å²) in [5.74, 6) is 0.618. The number of fused-ring (bicyclic) bond motifs is 1. The SMILES string of the molecule is CCNC(=O)c1ccc(COc2ccc3c(c2)C(c2cccc(F)c2)N(C(=O)C(C)C)CC3)o1. The largest absolute Gasteiger partial charge is 0.486 e. The molecule has 2 aromatic carbocycles. The number of hydrogen-bond acceptors (Lipinski definition) is 4. The molecule has 0 radical (unpaired) electrons. The van der Waals surface area contributed by atoms with E-state index in [0.717, 1.165) is 16.7 Å². The number of halogens is 1. The highest BCUT2D eigenvalue weighted by atomic mass is 19.1. The number of amides is 2. The van der Waals surface area contributed by atoms with Gasteiger partial charge in [0.2, 0.25) is 5.91 Å². The number of nitrogens with one attached hydrogen (secondary N) is 1. The van der Waals surface area contributed by atoms with Crippen LogP contribution in [0.1, 0.15) is 59.8 Å². The molecule has 1 aliphatic heterocycles. The van der Waals surface area contributed by atoms with Crippen LogP contribution in [0.3, 0.4) is 0 Å². The summed E-state index contributed by atoms with van der Waals surface area (Å²) in [5, 5.41) is 2.70. The molecule has 0 fully saturated rings. The predicted octanol–water partition coefficient (Wildman–Crippen LogP) is 4.88. The highest BCUT2D eigenvalue weighted by Crippen LogP contribution is 2.38. The molecule has 1 N–H and O–H groups in total. The van der Waals surface area contributed by atoms with Gasteiger partial charge in [-0.2, -0.15) is 0 Å². The van der Waals surface area contributed by atoms with Crippen LogP contribution in [0.25, 0.3) is 0 Å². The number of benzene rings is 2. The predicted molar refractivity (Wildman–Crippen MR) is 126 cm³/mol. The van der Waals surface area contributed by atoms with Crippen molar-refractivity contribution in [3.63, 3.8) is 0 Å². The van der Waals surface area contributed by atoms with E-state index in [-0.39, 0.29) is 35.9 Å². The fourth-order valence-corrected chi connectivity index (χ4v) is 4.27. The Balaban J connectivity index is 1.61. The first-order valence-corrected chi connectivity index (χ1v) is 11.6. The molecular formula is C27H29FN2O4. The molecule has 0 aliphatic carbocycles.